The number of hydrogen-bond donors (Lipinski definition) is 0. The first-order chi connectivity index (χ1) is 17.2. The van der Waals surface area contributed by atoms with Gasteiger partial charge in [-0.05, 0) is 35.9 Å². The summed E-state index contributed by atoms with van der Waals surface area (Å²) in [5.41, 5.74) is 6.03. The Labute approximate surface area is 239 Å². The molecule has 0 aliphatic heterocycles. The van der Waals surface area contributed by atoms with Crippen LogP contribution in [0.3, 0.4) is 0 Å². The molecule has 2 aromatic carbocycles. The number of aromatic nitrogens is 4. The minimum atomic E-state index is -0.450. The Hall–Kier alpha value is -3.98. The van der Waals surface area contributed by atoms with Crippen molar-refractivity contribution in [1.82, 2.24) is 19.5 Å². The van der Waals surface area contributed by atoms with Gasteiger partial charge in [-0.1, -0.05) is 30.3 Å². The zero-order chi connectivity index (χ0) is 24.2. The molecule has 0 radical (unpaired) electrons. The summed E-state index contributed by atoms with van der Waals surface area (Å²) in [5, 5.41) is 19.9. The van der Waals surface area contributed by atoms with E-state index in [0.29, 0.717) is 16.8 Å². The van der Waals surface area contributed by atoms with Crippen LogP contribution in [-0.4, -0.2) is 19.5 Å². The fraction of sp³-hybridized carbons (Fsp3) is 0.107. The molecule has 10 heteroatoms. The fourth-order valence-corrected chi connectivity index (χ4v) is 4.08. The standard InChI is InChI=1S/C28H20N6O.3ClH/c1-34-18-31-16-26(34)28(35-17-23-10-7-19(13-29)15-33-23)21-8-9-22(14-30)25(12-21)24-6-2-4-20-5-3-11-32-27(20)24;;;/h2-12,15-16,18,28H,17H2,1H3;3*1H. The third-order valence-electron chi connectivity index (χ3n) is 5.86. The minimum absolute atomic E-state index is 0. The number of rotatable bonds is 6. The average Bonchev–Trinajstić information content (AvgIpc) is 3.34. The molecule has 1 atom stereocenters. The second kappa shape index (κ2) is 13.5. The number of aryl methyl sites for hydroxylation is 1. The van der Waals surface area contributed by atoms with Crippen LogP contribution in [0.15, 0.2) is 85.6 Å². The lowest BCUT2D eigenvalue weighted by Gasteiger charge is -2.20. The van der Waals surface area contributed by atoms with Crippen molar-refractivity contribution < 1.29 is 4.74 Å². The van der Waals surface area contributed by atoms with E-state index < -0.39 is 6.10 Å². The molecule has 192 valence electrons. The molecule has 5 rings (SSSR count). The average molecular weight is 566 g/mol. The third kappa shape index (κ3) is 6.11. The molecule has 3 aromatic heterocycles. The topological polar surface area (TPSA) is 100 Å². The molecule has 0 amide bonds. The van der Waals surface area contributed by atoms with Crippen molar-refractivity contribution in [2.45, 2.75) is 12.7 Å². The number of pyridine rings is 2. The van der Waals surface area contributed by atoms with E-state index in [9.17, 15) is 5.26 Å². The molecule has 0 N–H and O–H groups in total. The van der Waals surface area contributed by atoms with Crippen molar-refractivity contribution in [3.63, 3.8) is 0 Å². The van der Waals surface area contributed by atoms with Crippen molar-refractivity contribution in [3.8, 4) is 23.3 Å². The number of para-hydroxylation sites is 1. The number of imidazole rings is 1. The Morgan fingerprint density at radius 2 is 1.71 bits per heavy atom. The van der Waals surface area contributed by atoms with Crippen LogP contribution in [0, 0.1) is 22.7 Å². The van der Waals surface area contributed by atoms with Crippen LogP contribution in [-0.2, 0) is 18.4 Å². The highest BCUT2D eigenvalue weighted by molar-refractivity contribution is 5.95. The summed E-state index contributed by atoms with van der Waals surface area (Å²) in [6.45, 7) is 0.243. The lowest BCUT2D eigenvalue weighted by Crippen LogP contribution is -2.11. The summed E-state index contributed by atoms with van der Waals surface area (Å²) in [7, 11) is 1.91. The van der Waals surface area contributed by atoms with Gasteiger partial charge in [-0.15, -0.1) is 37.2 Å². The zero-order valence-electron chi connectivity index (χ0n) is 20.2. The van der Waals surface area contributed by atoms with E-state index in [2.05, 4.69) is 27.1 Å². The molecule has 0 spiro atoms. The van der Waals surface area contributed by atoms with Gasteiger partial charge >= 0.3 is 0 Å². The van der Waals surface area contributed by atoms with Crippen molar-refractivity contribution >= 4 is 48.1 Å². The third-order valence-corrected chi connectivity index (χ3v) is 5.86. The monoisotopic (exact) mass is 564 g/mol. The van der Waals surface area contributed by atoms with Gasteiger partial charge in [0.2, 0.25) is 0 Å². The normalized spacial score (nSPS) is 10.7. The van der Waals surface area contributed by atoms with Gasteiger partial charge in [-0.25, -0.2) is 4.98 Å². The predicted octanol–water partition coefficient (Wildman–Crippen LogP) is 6.35. The summed E-state index contributed by atoms with van der Waals surface area (Å²) < 4.78 is 8.27. The van der Waals surface area contributed by atoms with Crippen LogP contribution in [0.25, 0.3) is 22.0 Å². The van der Waals surface area contributed by atoms with E-state index in [1.54, 1.807) is 30.9 Å². The molecule has 7 nitrogen and oxygen atoms in total. The molecule has 38 heavy (non-hydrogen) atoms. The molecule has 0 saturated carbocycles. The molecule has 0 fully saturated rings. The van der Waals surface area contributed by atoms with E-state index in [1.807, 2.05) is 60.1 Å². The van der Waals surface area contributed by atoms with E-state index in [-0.39, 0.29) is 43.8 Å². The van der Waals surface area contributed by atoms with Gasteiger partial charge in [0, 0.05) is 36.0 Å². The second-order valence-electron chi connectivity index (χ2n) is 8.07. The maximum atomic E-state index is 9.86. The second-order valence-corrected chi connectivity index (χ2v) is 8.07. The maximum Gasteiger partial charge on any atom is 0.125 e. The van der Waals surface area contributed by atoms with Crippen LogP contribution in [0.2, 0.25) is 0 Å². The first kappa shape index (κ1) is 30.2. The van der Waals surface area contributed by atoms with Crippen LogP contribution < -0.4 is 0 Å². The molecule has 0 bridgehead atoms. The highest BCUT2D eigenvalue weighted by atomic mass is 35.5. The molecule has 3 heterocycles. The SMILES string of the molecule is Cl.Cl.Cl.Cn1cncc1C(OCc1ccc(C#N)cn1)c1ccc(C#N)c(-c2cccc3cccnc23)c1. The predicted molar refractivity (Wildman–Crippen MR) is 152 cm³/mol. The summed E-state index contributed by atoms with van der Waals surface area (Å²) in [6.07, 6.45) is 6.34. The van der Waals surface area contributed by atoms with Crippen LogP contribution in [0.5, 0.6) is 0 Å². The smallest absolute Gasteiger partial charge is 0.125 e. The van der Waals surface area contributed by atoms with Crippen molar-refractivity contribution in [1.29, 1.82) is 10.5 Å². The van der Waals surface area contributed by atoms with Crippen LogP contribution in [0.1, 0.15) is 34.2 Å². The molecular formula is C28H23Cl3N6O. The minimum Gasteiger partial charge on any atom is -0.361 e. The molecular weight excluding hydrogens is 543 g/mol. The van der Waals surface area contributed by atoms with Crippen molar-refractivity contribution in [2.75, 3.05) is 0 Å². The largest absolute Gasteiger partial charge is 0.361 e. The summed E-state index contributed by atoms with van der Waals surface area (Å²) in [6, 6.07) is 23.5. The van der Waals surface area contributed by atoms with Gasteiger partial charge in [-0.2, -0.15) is 10.5 Å². The Bertz CT molecular complexity index is 1600. The summed E-state index contributed by atoms with van der Waals surface area (Å²) in [5.74, 6) is 0. The highest BCUT2D eigenvalue weighted by Crippen LogP contribution is 2.34. The maximum absolute atomic E-state index is 9.86. The van der Waals surface area contributed by atoms with Gasteiger partial charge < -0.3 is 9.30 Å². The number of halogens is 3. The Morgan fingerprint density at radius 1 is 0.895 bits per heavy atom. The number of ether oxygens (including phenoxy) is 1. The van der Waals surface area contributed by atoms with Gasteiger partial charge in [0.15, 0.2) is 0 Å². The first-order valence-electron chi connectivity index (χ1n) is 11.0. The molecule has 1 unspecified atom stereocenters. The number of nitrogens with zero attached hydrogens (tertiary/aromatic N) is 6. The Morgan fingerprint density at radius 3 is 2.39 bits per heavy atom. The quantitative estimate of drug-likeness (QED) is 0.238. The summed E-state index contributed by atoms with van der Waals surface area (Å²) in [4.78, 5) is 13.2. The van der Waals surface area contributed by atoms with E-state index in [0.717, 1.165) is 33.3 Å². The first-order valence-corrected chi connectivity index (χ1v) is 11.0. The number of nitriles is 2. The van der Waals surface area contributed by atoms with Crippen LogP contribution >= 0.6 is 37.2 Å². The lowest BCUT2D eigenvalue weighted by molar-refractivity contribution is 0.0601. The highest BCUT2D eigenvalue weighted by Gasteiger charge is 2.21. The summed E-state index contributed by atoms with van der Waals surface area (Å²) >= 11 is 0. The van der Waals surface area contributed by atoms with Gasteiger partial charge in [0.25, 0.3) is 0 Å². The van der Waals surface area contributed by atoms with Gasteiger partial charge in [0.05, 0.1) is 53.2 Å². The number of benzene rings is 2. The van der Waals surface area contributed by atoms with E-state index in [1.165, 1.54) is 6.20 Å². The van der Waals surface area contributed by atoms with Gasteiger partial charge in [0.1, 0.15) is 12.2 Å². The molecule has 5 aromatic rings. The van der Waals surface area contributed by atoms with E-state index >= 15 is 0 Å². The lowest BCUT2D eigenvalue weighted by atomic mass is 9.93. The van der Waals surface area contributed by atoms with Crippen molar-refractivity contribution in [2.24, 2.45) is 7.05 Å². The van der Waals surface area contributed by atoms with E-state index in [4.69, 9.17) is 10.00 Å². The molecule has 0 aliphatic rings. The van der Waals surface area contributed by atoms with Gasteiger partial charge in [-0.3, -0.25) is 9.97 Å². The number of hydrogen-bond acceptors (Lipinski definition) is 6. The number of fused-ring (bicyclic) bond motifs is 1. The Balaban J connectivity index is 0.00000169. The fourth-order valence-electron chi connectivity index (χ4n) is 4.08. The molecule has 0 saturated heterocycles. The van der Waals surface area contributed by atoms with Crippen LogP contribution in [0.4, 0.5) is 0 Å². The molecule has 0 aliphatic carbocycles. The zero-order valence-corrected chi connectivity index (χ0v) is 22.6. The van der Waals surface area contributed by atoms with Crippen molar-refractivity contribution in [3.05, 3.63) is 114 Å². The Kier molecular flexibility index (Phi) is 10.8.